The predicted molar refractivity (Wildman–Crippen MR) is 77.1 cm³/mol. The van der Waals surface area contributed by atoms with Crippen LogP contribution in [0.1, 0.15) is 5.56 Å². The molecule has 1 aromatic heterocycles. The third-order valence-electron chi connectivity index (χ3n) is 3.80. The second-order valence-electron chi connectivity index (χ2n) is 5.19. The van der Waals surface area contributed by atoms with Gasteiger partial charge < -0.3 is 9.47 Å². The van der Waals surface area contributed by atoms with Crippen LogP contribution in [-0.2, 0) is 13.6 Å². The van der Waals surface area contributed by atoms with E-state index in [2.05, 4.69) is 14.8 Å². The highest BCUT2D eigenvalue weighted by molar-refractivity contribution is 5.31. The fraction of sp³-hybridized carbons (Fsp3) is 0.400. The number of rotatable bonds is 3. The van der Waals surface area contributed by atoms with E-state index in [9.17, 15) is 4.39 Å². The van der Waals surface area contributed by atoms with E-state index < -0.39 is 0 Å². The van der Waals surface area contributed by atoms with Gasteiger partial charge in [0.05, 0.1) is 0 Å². The summed E-state index contributed by atoms with van der Waals surface area (Å²) < 4.78 is 15.7. The van der Waals surface area contributed by atoms with Crippen molar-refractivity contribution >= 4 is 5.95 Å². The number of anilines is 1. The molecule has 0 saturated carbocycles. The van der Waals surface area contributed by atoms with Gasteiger partial charge in [0.1, 0.15) is 5.82 Å². The molecule has 1 saturated heterocycles. The summed E-state index contributed by atoms with van der Waals surface area (Å²) in [7, 11) is 2.01. The van der Waals surface area contributed by atoms with Gasteiger partial charge in [-0.15, -0.1) is 0 Å². The van der Waals surface area contributed by atoms with Crippen molar-refractivity contribution in [1.29, 1.82) is 0 Å². The quantitative estimate of drug-likeness (QED) is 0.854. The van der Waals surface area contributed by atoms with Crippen molar-refractivity contribution < 1.29 is 4.39 Å². The Morgan fingerprint density at radius 2 is 1.90 bits per heavy atom. The number of piperazine rings is 1. The van der Waals surface area contributed by atoms with Gasteiger partial charge in [-0.05, 0) is 6.07 Å². The number of imidazole rings is 1. The summed E-state index contributed by atoms with van der Waals surface area (Å²) in [6, 6.07) is 7.01. The highest BCUT2D eigenvalue weighted by Crippen LogP contribution is 2.15. The summed E-state index contributed by atoms with van der Waals surface area (Å²) in [5, 5.41) is 0. The molecule has 0 atom stereocenters. The maximum absolute atomic E-state index is 13.6. The van der Waals surface area contributed by atoms with Crippen LogP contribution >= 0.6 is 0 Å². The molecule has 0 bridgehead atoms. The average Bonchev–Trinajstić information content (AvgIpc) is 2.89. The van der Waals surface area contributed by atoms with E-state index in [4.69, 9.17) is 0 Å². The summed E-state index contributed by atoms with van der Waals surface area (Å²) in [5.74, 6) is 0.898. The Morgan fingerprint density at radius 1 is 1.15 bits per heavy atom. The maximum atomic E-state index is 13.6. The van der Waals surface area contributed by atoms with Crippen LogP contribution in [0.25, 0.3) is 0 Å². The molecular weight excluding hydrogens is 255 g/mol. The van der Waals surface area contributed by atoms with E-state index in [-0.39, 0.29) is 5.82 Å². The second-order valence-corrected chi connectivity index (χ2v) is 5.19. The molecule has 20 heavy (non-hydrogen) atoms. The molecule has 0 spiro atoms. The van der Waals surface area contributed by atoms with Crippen molar-refractivity contribution in [2.45, 2.75) is 6.54 Å². The zero-order chi connectivity index (χ0) is 13.9. The highest BCUT2D eigenvalue weighted by Gasteiger charge is 2.20. The third-order valence-corrected chi connectivity index (χ3v) is 3.80. The number of nitrogens with zero attached hydrogens (tertiary/aromatic N) is 4. The standard InChI is InChI=1S/C15H19FN4/c1-18-7-6-17-15(18)20-10-8-19(9-11-20)12-13-4-2-3-5-14(13)16/h2-7H,8-12H2,1H3. The first-order chi connectivity index (χ1) is 9.74. The summed E-state index contributed by atoms with van der Waals surface area (Å²) in [4.78, 5) is 8.94. The first-order valence-corrected chi connectivity index (χ1v) is 6.92. The Kier molecular flexibility index (Phi) is 3.69. The fourth-order valence-corrected chi connectivity index (χ4v) is 2.64. The summed E-state index contributed by atoms with van der Waals surface area (Å²) in [6.45, 7) is 4.40. The van der Waals surface area contributed by atoms with E-state index in [1.165, 1.54) is 6.07 Å². The number of benzene rings is 1. The Hall–Kier alpha value is -1.88. The number of aromatic nitrogens is 2. The molecule has 0 unspecified atom stereocenters. The number of hydrogen-bond acceptors (Lipinski definition) is 3. The van der Waals surface area contributed by atoms with Gasteiger partial charge in [-0.2, -0.15) is 0 Å². The highest BCUT2D eigenvalue weighted by atomic mass is 19.1. The minimum atomic E-state index is -0.112. The number of halogens is 1. The molecule has 2 heterocycles. The molecule has 2 aromatic rings. The van der Waals surface area contributed by atoms with E-state index in [0.717, 1.165) is 37.7 Å². The van der Waals surface area contributed by atoms with Crippen LogP contribution in [0.4, 0.5) is 10.3 Å². The molecule has 1 fully saturated rings. The summed E-state index contributed by atoms with van der Waals surface area (Å²) in [5.41, 5.74) is 0.776. The van der Waals surface area contributed by atoms with Gasteiger partial charge in [-0.25, -0.2) is 9.37 Å². The summed E-state index contributed by atoms with van der Waals surface area (Å²) >= 11 is 0. The molecule has 1 aliphatic heterocycles. The average molecular weight is 274 g/mol. The van der Waals surface area contributed by atoms with Crippen molar-refractivity contribution in [1.82, 2.24) is 14.5 Å². The van der Waals surface area contributed by atoms with Gasteiger partial charge in [-0.3, -0.25) is 4.90 Å². The number of hydrogen-bond donors (Lipinski definition) is 0. The topological polar surface area (TPSA) is 24.3 Å². The lowest BCUT2D eigenvalue weighted by molar-refractivity contribution is 0.245. The Labute approximate surface area is 118 Å². The lowest BCUT2D eigenvalue weighted by Crippen LogP contribution is -2.46. The van der Waals surface area contributed by atoms with Crippen molar-refractivity contribution in [2.75, 3.05) is 31.1 Å². The smallest absolute Gasteiger partial charge is 0.205 e. The molecule has 106 valence electrons. The fourth-order valence-electron chi connectivity index (χ4n) is 2.64. The minimum Gasteiger partial charge on any atom is -0.340 e. The molecule has 0 amide bonds. The van der Waals surface area contributed by atoms with Crippen LogP contribution in [0.3, 0.4) is 0 Å². The first kappa shape index (κ1) is 13.1. The zero-order valence-electron chi connectivity index (χ0n) is 11.7. The Bertz CT molecular complexity index is 573. The van der Waals surface area contributed by atoms with E-state index >= 15 is 0 Å². The van der Waals surface area contributed by atoms with Gasteiger partial charge in [0.25, 0.3) is 0 Å². The van der Waals surface area contributed by atoms with Crippen molar-refractivity contribution in [3.05, 3.63) is 48.0 Å². The van der Waals surface area contributed by atoms with E-state index in [1.807, 2.05) is 36.1 Å². The Morgan fingerprint density at radius 3 is 2.55 bits per heavy atom. The van der Waals surface area contributed by atoms with Crippen LogP contribution in [0.2, 0.25) is 0 Å². The molecule has 0 radical (unpaired) electrons. The monoisotopic (exact) mass is 274 g/mol. The van der Waals surface area contributed by atoms with Crippen LogP contribution in [-0.4, -0.2) is 40.6 Å². The third kappa shape index (κ3) is 2.67. The van der Waals surface area contributed by atoms with Gasteiger partial charge in [0, 0.05) is 57.7 Å². The normalized spacial score (nSPS) is 16.6. The predicted octanol–water partition coefficient (Wildman–Crippen LogP) is 1.88. The molecule has 1 aliphatic rings. The summed E-state index contributed by atoms with van der Waals surface area (Å²) in [6.07, 6.45) is 3.78. The van der Waals surface area contributed by atoms with E-state index in [0.29, 0.717) is 6.54 Å². The Balaban J connectivity index is 1.59. The molecule has 1 aromatic carbocycles. The lowest BCUT2D eigenvalue weighted by atomic mass is 10.2. The van der Waals surface area contributed by atoms with Crippen LogP contribution < -0.4 is 4.90 Å². The van der Waals surface area contributed by atoms with Crippen LogP contribution in [0.15, 0.2) is 36.7 Å². The largest absolute Gasteiger partial charge is 0.340 e. The van der Waals surface area contributed by atoms with Gasteiger partial charge in [-0.1, -0.05) is 18.2 Å². The SMILES string of the molecule is Cn1ccnc1N1CCN(Cc2ccccc2F)CC1. The second kappa shape index (κ2) is 5.63. The zero-order valence-corrected chi connectivity index (χ0v) is 11.7. The molecule has 0 N–H and O–H groups in total. The van der Waals surface area contributed by atoms with Crippen LogP contribution in [0, 0.1) is 5.82 Å². The molecule has 4 nitrogen and oxygen atoms in total. The maximum Gasteiger partial charge on any atom is 0.205 e. The molecular formula is C15H19FN4. The van der Waals surface area contributed by atoms with Crippen molar-refractivity contribution in [3.8, 4) is 0 Å². The molecule has 5 heteroatoms. The first-order valence-electron chi connectivity index (χ1n) is 6.92. The van der Waals surface area contributed by atoms with Crippen LogP contribution in [0.5, 0.6) is 0 Å². The van der Waals surface area contributed by atoms with Gasteiger partial charge in [0.15, 0.2) is 0 Å². The lowest BCUT2D eigenvalue weighted by Gasteiger charge is -2.35. The molecule has 3 rings (SSSR count). The van der Waals surface area contributed by atoms with Gasteiger partial charge >= 0.3 is 0 Å². The van der Waals surface area contributed by atoms with Crippen molar-refractivity contribution in [3.63, 3.8) is 0 Å². The van der Waals surface area contributed by atoms with E-state index in [1.54, 1.807) is 6.07 Å². The molecule has 0 aliphatic carbocycles. The van der Waals surface area contributed by atoms with Gasteiger partial charge in [0.2, 0.25) is 5.95 Å². The minimum absolute atomic E-state index is 0.112. The van der Waals surface area contributed by atoms with Crippen molar-refractivity contribution in [2.24, 2.45) is 7.05 Å². The number of aryl methyl sites for hydroxylation is 1.